The average Bonchev–Trinajstić information content (AvgIpc) is 3.57. The van der Waals surface area contributed by atoms with Gasteiger partial charge in [0.15, 0.2) is 0 Å². The van der Waals surface area contributed by atoms with Crippen molar-refractivity contribution in [3.05, 3.63) is 39.9 Å². The second kappa shape index (κ2) is 8.30. The minimum atomic E-state index is -4.48. The molecule has 1 aliphatic heterocycles. The quantitative estimate of drug-likeness (QED) is 0.673. The summed E-state index contributed by atoms with van der Waals surface area (Å²) in [6.45, 7) is 0.710. The van der Waals surface area contributed by atoms with E-state index < -0.39 is 39.9 Å². The highest BCUT2D eigenvalue weighted by Crippen LogP contribution is 2.38. The molecule has 2 heterocycles. The van der Waals surface area contributed by atoms with Gasteiger partial charge in [0.25, 0.3) is 0 Å². The Morgan fingerprint density at radius 2 is 1.78 bits per heavy atom. The molecule has 32 heavy (non-hydrogen) atoms. The number of amides is 1. The summed E-state index contributed by atoms with van der Waals surface area (Å²) in [7, 11) is 0. The lowest BCUT2D eigenvalue weighted by Crippen LogP contribution is -2.49. The van der Waals surface area contributed by atoms with Crippen molar-refractivity contribution in [2.75, 3.05) is 36.8 Å². The van der Waals surface area contributed by atoms with Crippen molar-refractivity contribution in [1.29, 1.82) is 0 Å². The monoisotopic (exact) mass is 473 g/mol. The molecule has 2 fully saturated rings. The van der Waals surface area contributed by atoms with Gasteiger partial charge in [-0.25, -0.2) is 9.18 Å². The lowest BCUT2D eigenvalue weighted by atomic mass is 10.1. The molecule has 0 radical (unpaired) electrons. The first kappa shape index (κ1) is 22.4. The van der Waals surface area contributed by atoms with Gasteiger partial charge in [-0.2, -0.15) is 13.2 Å². The normalized spacial score (nSPS) is 17.1. The molecule has 0 unspecified atom stereocenters. The fourth-order valence-electron chi connectivity index (χ4n) is 3.84. The van der Waals surface area contributed by atoms with Crippen LogP contribution in [0, 0.1) is 5.82 Å². The molecule has 2 aliphatic rings. The van der Waals surface area contributed by atoms with Crippen molar-refractivity contribution < 1.29 is 32.3 Å². The molecule has 7 nitrogen and oxygen atoms in total. The number of thioether (sulfide) groups is 1. The topological polar surface area (TPSA) is 82.8 Å². The van der Waals surface area contributed by atoms with E-state index in [9.17, 15) is 37.1 Å². The first-order chi connectivity index (χ1) is 15.0. The molecule has 172 valence electrons. The Labute approximate surface area is 183 Å². The van der Waals surface area contributed by atoms with E-state index in [0.717, 1.165) is 18.9 Å². The number of piperazine rings is 1. The highest BCUT2D eigenvalue weighted by Gasteiger charge is 2.32. The largest absolute Gasteiger partial charge is 0.477 e. The van der Waals surface area contributed by atoms with Gasteiger partial charge >= 0.3 is 11.5 Å². The number of halogens is 4. The van der Waals surface area contributed by atoms with Crippen LogP contribution in [0.15, 0.2) is 23.1 Å². The molecule has 1 N–H and O–H groups in total. The summed E-state index contributed by atoms with van der Waals surface area (Å²) in [5.74, 6) is -3.41. The summed E-state index contributed by atoms with van der Waals surface area (Å²) in [4.78, 5) is 39.0. The fourth-order valence-corrected chi connectivity index (χ4v) is 4.31. The van der Waals surface area contributed by atoms with E-state index >= 15 is 0 Å². The Morgan fingerprint density at radius 3 is 2.34 bits per heavy atom. The molecule has 12 heteroatoms. The highest BCUT2D eigenvalue weighted by atomic mass is 32.2. The number of nitrogens with zero attached hydrogens (tertiary/aromatic N) is 3. The smallest absolute Gasteiger partial charge is 0.442 e. The zero-order valence-electron chi connectivity index (χ0n) is 16.7. The third-order valence-corrected chi connectivity index (χ3v) is 6.32. The number of anilines is 1. The van der Waals surface area contributed by atoms with Gasteiger partial charge in [0.05, 0.1) is 17.0 Å². The van der Waals surface area contributed by atoms with E-state index in [-0.39, 0.29) is 55.1 Å². The summed E-state index contributed by atoms with van der Waals surface area (Å²) in [5, 5.41) is 9.30. The molecule has 0 bridgehead atoms. The molecule has 1 saturated carbocycles. The van der Waals surface area contributed by atoms with E-state index in [2.05, 4.69) is 0 Å². The SMILES string of the molecule is O=C(O)c1cn(C2CC2)c2cc(N3CCN(C(=O)CSC(F)(F)F)CC3)c(F)cc2c1=O. The lowest BCUT2D eigenvalue weighted by Gasteiger charge is -2.36. The molecule has 2 aromatic rings. The number of carbonyl (C=O) groups excluding carboxylic acids is 1. The molecule has 0 atom stereocenters. The van der Waals surface area contributed by atoms with Gasteiger partial charge in [-0.15, -0.1) is 0 Å². The molecule has 1 aliphatic carbocycles. The number of carbonyl (C=O) groups is 2. The van der Waals surface area contributed by atoms with Crippen LogP contribution in [0.25, 0.3) is 10.9 Å². The van der Waals surface area contributed by atoms with E-state index in [1.807, 2.05) is 0 Å². The number of fused-ring (bicyclic) bond motifs is 1. The van der Waals surface area contributed by atoms with Crippen LogP contribution in [-0.2, 0) is 4.79 Å². The van der Waals surface area contributed by atoms with Crippen molar-refractivity contribution in [3.63, 3.8) is 0 Å². The number of hydrogen-bond acceptors (Lipinski definition) is 5. The van der Waals surface area contributed by atoms with Crippen LogP contribution in [0.5, 0.6) is 0 Å². The number of hydrogen-bond donors (Lipinski definition) is 1. The number of aromatic nitrogens is 1. The number of pyridine rings is 1. The summed E-state index contributed by atoms with van der Waals surface area (Å²) >= 11 is -0.388. The predicted molar refractivity (Wildman–Crippen MR) is 111 cm³/mol. The van der Waals surface area contributed by atoms with Crippen LogP contribution in [0.2, 0.25) is 0 Å². The second-order valence-corrected chi connectivity index (χ2v) is 8.78. The van der Waals surface area contributed by atoms with Gasteiger partial charge in [0.2, 0.25) is 11.3 Å². The minimum Gasteiger partial charge on any atom is -0.477 e. The molecule has 1 saturated heterocycles. The van der Waals surface area contributed by atoms with Crippen LogP contribution in [0.3, 0.4) is 0 Å². The summed E-state index contributed by atoms with van der Waals surface area (Å²) in [5.41, 5.74) is -5.03. The third kappa shape index (κ3) is 4.54. The van der Waals surface area contributed by atoms with E-state index in [4.69, 9.17) is 0 Å². The van der Waals surface area contributed by atoms with Crippen molar-refractivity contribution in [2.24, 2.45) is 0 Å². The van der Waals surface area contributed by atoms with Crippen molar-refractivity contribution in [2.45, 2.75) is 24.4 Å². The maximum absolute atomic E-state index is 14.9. The standard InChI is InChI=1S/C20H19F4N3O4S/c21-14-7-12-15(27(11-1-2-11)9-13(18(12)29)19(30)31)8-16(14)25-3-5-26(6-4-25)17(28)10-32-20(22,23)24/h7-9,11H,1-6,10H2,(H,30,31). The first-order valence-electron chi connectivity index (χ1n) is 9.90. The molecule has 1 aromatic carbocycles. The Hall–Kier alpha value is -2.76. The Kier molecular flexibility index (Phi) is 5.82. The van der Waals surface area contributed by atoms with Crippen molar-refractivity contribution in [1.82, 2.24) is 9.47 Å². The van der Waals surface area contributed by atoms with Gasteiger partial charge in [-0.1, -0.05) is 0 Å². The Balaban J connectivity index is 1.58. The number of aromatic carboxylic acids is 1. The van der Waals surface area contributed by atoms with Crippen LogP contribution in [-0.4, -0.2) is 63.9 Å². The average molecular weight is 473 g/mol. The summed E-state index contributed by atoms with van der Waals surface area (Å²) < 4.78 is 53.6. The molecular formula is C20H19F4N3O4S. The highest BCUT2D eigenvalue weighted by molar-refractivity contribution is 8.00. The third-order valence-electron chi connectivity index (χ3n) is 5.60. The number of carboxylic acid groups (broad SMARTS) is 1. The van der Waals surface area contributed by atoms with Crippen LogP contribution >= 0.6 is 11.8 Å². The number of rotatable bonds is 5. The predicted octanol–water partition coefficient (Wildman–Crippen LogP) is 3.08. The van der Waals surface area contributed by atoms with E-state index in [1.165, 1.54) is 17.2 Å². The zero-order valence-corrected chi connectivity index (χ0v) is 17.5. The lowest BCUT2D eigenvalue weighted by molar-refractivity contribution is -0.128. The zero-order chi connectivity index (χ0) is 23.2. The number of benzene rings is 1. The number of alkyl halides is 3. The van der Waals surface area contributed by atoms with Crippen LogP contribution in [0.4, 0.5) is 23.2 Å². The number of carboxylic acids is 1. The molecule has 0 spiro atoms. The van der Waals surface area contributed by atoms with Gasteiger partial charge in [-0.05, 0) is 36.7 Å². The first-order valence-corrected chi connectivity index (χ1v) is 10.9. The Morgan fingerprint density at radius 1 is 1.12 bits per heavy atom. The maximum atomic E-state index is 14.9. The van der Waals surface area contributed by atoms with Gasteiger partial charge in [0, 0.05) is 43.8 Å². The van der Waals surface area contributed by atoms with E-state index in [0.29, 0.717) is 5.52 Å². The summed E-state index contributed by atoms with van der Waals surface area (Å²) in [6, 6.07) is 2.58. The van der Waals surface area contributed by atoms with Crippen LogP contribution in [0.1, 0.15) is 29.2 Å². The minimum absolute atomic E-state index is 0.0176. The maximum Gasteiger partial charge on any atom is 0.442 e. The van der Waals surface area contributed by atoms with Gasteiger partial charge < -0.3 is 19.5 Å². The molecule has 4 rings (SSSR count). The van der Waals surface area contributed by atoms with Crippen molar-refractivity contribution in [3.8, 4) is 0 Å². The van der Waals surface area contributed by atoms with Gasteiger partial charge in [0.1, 0.15) is 11.4 Å². The second-order valence-electron chi connectivity index (χ2n) is 7.74. The Bertz CT molecular complexity index is 1140. The van der Waals surface area contributed by atoms with Crippen LogP contribution < -0.4 is 10.3 Å². The summed E-state index contributed by atoms with van der Waals surface area (Å²) in [6.07, 6.45) is 2.93. The molecule has 1 aromatic heterocycles. The van der Waals surface area contributed by atoms with E-state index in [1.54, 1.807) is 9.47 Å². The van der Waals surface area contributed by atoms with Crippen molar-refractivity contribution >= 4 is 40.2 Å². The molecule has 1 amide bonds. The molecular weight excluding hydrogens is 454 g/mol. The van der Waals surface area contributed by atoms with Gasteiger partial charge in [-0.3, -0.25) is 9.59 Å². The fraction of sp³-hybridized carbons (Fsp3) is 0.450.